The summed E-state index contributed by atoms with van der Waals surface area (Å²) in [5, 5.41) is 0. The van der Waals surface area contributed by atoms with Crippen LogP contribution in [0, 0.1) is 5.92 Å². The zero-order valence-electron chi connectivity index (χ0n) is 10.6. The molecule has 0 radical (unpaired) electrons. The van der Waals surface area contributed by atoms with Gasteiger partial charge in [-0.1, -0.05) is 70.1 Å². The molecule has 0 saturated carbocycles. The van der Waals surface area contributed by atoms with Crippen molar-refractivity contribution < 1.29 is 0 Å². The molecule has 0 saturated heterocycles. The van der Waals surface area contributed by atoms with Gasteiger partial charge in [0.2, 0.25) is 0 Å². The Morgan fingerprint density at radius 2 is 1.80 bits per heavy atom. The van der Waals surface area contributed by atoms with Crippen molar-refractivity contribution in [1.29, 1.82) is 0 Å². The van der Waals surface area contributed by atoms with Gasteiger partial charge in [0.1, 0.15) is 0 Å². The van der Waals surface area contributed by atoms with Crippen LogP contribution in [0.1, 0.15) is 52.9 Å². The lowest BCUT2D eigenvalue weighted by Crippen LogP contribution is -1.83. The van der Waals surface area contributed by atoms with Crippen LogP contribution in [0.5, 0.6) is 0 Å². The highest BCUT2D eigenvalue weighted by molar-refractivity contribution is 5.05. The van der Waals surface area contributed by atoms with E-state index in [1.54, 1.807) is 0 Å². The van der Waals surface area contributed by atoms with Crippen molar-refractivity contribution in [3.05, 3.63) is 36.5 Å². The Kier molecular flexibility index (Phi) is 9.26. The van der Waals surface area contributed by atoms with Crippen LogP contribution in [-0.2, 0) is 0 Å². The van der Waals surface area contributed by atoms with Gasteiger partial charge in [0.15, 0.2) is 0 Å². The fraction of sp³-hybridized carbons (Fsp3) is 0.600. The predicted molar refractivity (Wildman–Crippen MR) is 71.0 cm³/mol. The molecular formula is C15H26. The fourth-order valence-electron chi connectivity index (χ4n) is 1.45. The van der Waals surface area contributed by atoms with Gasteiger partial charge in [-0.2, -0.15) is 0 Å². The zero-order valence-corrected chi connectivity index (χ0v) is 10.6. The minimum Gasteiger partial charge on any atom is -0.0995 e. The minimum absolute atomic E-state index is 0.561. The molecule has 0 spiro atoms. The molecule has 0 heterocycles. The summed E-state index contributed by atoms with van der Waals surface area (Å²) in [6.45, 7) is 10.7. The molecule has 0 bridgehead atoms. The smallest absolute Gasteiger partial charge is 0.00818 e. The molecule has 0 N–H and O–H groups in total. The Hall–Kier alpha value is -0.780. The molecular weight excluding hydrogens is 180 g/mol. The van der Waals surface area contributed by atoms with Crippen molar-refractivity contribution in [3.63, 3.8) is 0 Å². The van der Waals surface area contributed by atoms with E-state index in [-0.39, 0.29) is 0 Å². The van der Waals surface area contributed by atoms with Crippen molar-refractivity contribution in [1.82, 2.24) is 0 Å². The van der Waals surface area contributed by atoms with Crippen LogP contribution in [0.4, 0.5) is 0 Å². The van der Waals surface area contributed by atoms with Gasteiger partial charge in [0.05, 0.1) is 0 Å². The Morgan fingerprint density at radius 3 is 2.40 bits per heavy atom. The summed E-state index contributed by atoms with van der Waals surface area (Å²) >= 11 is 0. The third-order valence-electron chi connectivity index (χ3n) is 2.34. The SMILES string of the molecule is C=C(C/C=C/C(C)C=CCCC)CCC. The first-order valence-electron chi connectivity index (χ1n) is 6.20. The van der Waals surface area contributed by atoms with Gasteiger partial charge in [0.25, 0.3) is 0 Å². The molecule has 0 aromatic carbocycles. The van der Waals surface area contributed by atoms with Crippen molar-refractivity contribution in [2.24, 2.45) is 5.92 Å². The van der Waals surface area contributed by atoms with Gasteiger partial charge >= 0.3 is 0 Å². The topological polar surface area (TPSA) is 0 Å². The summed E-state index contributed by atoms with van der Waals surface area (Å²) < 4.78 is 0. The van der Waals surface area contributed by atoms with Crippen molar-refractivity contribution in [2.45, 2.75) is 52.9 Å². The van der Waals surface area contributed by atoms with E-state index < -0.39 is 0 Å². The number of rotatable bonds is 8. The van der Waals surface area contributed by atoms with E-state index in [1.807, 2.05) is 0 Å². The third-order valence-corrected chi connectivity index (χ3v) is 2.34. The standard InChI is InChI=1S/C15H26/c1-5-7-8-11-15(4)13-9-12-14(3)10-6-2/h8-9,11,13,15H,3,5-7,10,12H2,1-2,4H3/b11-8?,13-9+. The lowest BCUT2D eigenvalue weighted by atomic mass is 10.1. The maximum Gasteiger partial charge on any atom is -0.00818 e. The Bertz CT molecular complexity index is 208. The highest BCUT2D eigenvalue weighted by atomic mass is 14.0. The summed E-state index contributed by atoms with van der Waals surface area (Å²) in [5.41, 5.74) is 1.35. The Balaban J connectivity index is 3.71. The third kappa shape index (κ3) is 9.52. The normalized spacial score (nSPS) is 13.8. The van der Waals surface area contributed by atoms with Gasteiger partial charge in [-0.25, -0.2) is 0 Å². The largest absolute Gasteiger partial charge is 0.0995 e. The fourth-order valence-corrected chi connectivity index (χ4v) is 1.45. The quantitative estimate of drug-likeness (QED) is 0.474. The minimum atomic E-state index is 0.561. The molecule has 0 aliphatic rings. The highest BCUT2D eigenvalue weighted by Crippen LogP contribution is 2.09. The number of unbranched alkanes of at least 4 members (excludes halogenated alkanes) is 1. The maximum atomic E-state index is 4.05. The number of hydrogen-bond donors (Lipinski definition) is 0. The van der Waals surface area contributed by atoms with Crippen molar-refractivity contribution in [3.8, 4) is 0 Å². The van der Waals surface area contributed by atoms with Crippen molar-refractivity contribution >= 4 is 0 Å². The Morgan fingerprint density at radius 1 is 1.13 bits per heavy atom. The predicted octanol–water partition coefficient (Wildman–Crippen LogP) is 5.28. The molecule has 1 atom stereocenters. The summed E-state index contributed by atoms with van der Waals surface area (Å²) in [7, 11) is 0. The van der Waals surface area contributed by atoms with Crippen LogP contribution >= 0.6 is 0 Å². The average Bonchev–Trinajstić information content (AvgIpc) is 2.18. The lowest BCUT2D eigenvalue weighted by Gasteiger charge is -2.00. The second kappa shape index (κ2) is 9.76. The average molecular weight is 206 g/mol. The molecule has 0 fully saturated rings. The van der Waals surface area contributed by atoms with Crippen molar-refractivity contribution in [2.75, 3.05) is 0 Å². The summed E-state index contributed by atoms with van der Waals surface area (Å²) in [6, 6.07) is 0. The van der Waals surface area contributed by atoms with E-state index >= 15 is 0 Å². The van der Waals surface area contributed by atoms with E-state index in [0.29, 0.717) is 5.92 Å². The molecule has 15 heavy (non-hydrogen) atoms. The van der Waals surface area contributed by atoms with E-state index in [4.69, 9.17) is 0 Å². The van der Waals surface area contributed by atoms with Crippen LogP contribution in [0.3, 0.4) is 0 Å². The molecule has 1 unspecified atom stereocenters. The highest BCUT2D eigenvalue weighted by Gasteiger charge is 1.91. The van der Waals surface area contributed by atoms with Crippen LogP contribution in [0.25, 0.3) is 0 Å². The van der Waals surface area contributed by atoms with Gasteiger partial charge in [-0.15, -0.1) is 0 Å². The molecule has 0 amide bonds. The summed E-state index contributed by atoms with van der Waals surface area (Å²) in [5.74, 6) is 0.561. The monoisotopic (exact) mass is 206 g/mol. The first-order valence-corrected chi connectivity index (χ1v) is 6.20. The second-order valence-electron chi connectivity index (χ2n) is 4.21. The number of allylic oxidation sites excluding steroid dienone is 5. The zero-order chi connectivity index (χ0) is 11.5. The summed E-state index contributed by atoms with van der Waals surface area (Å²) in [4.78, 5) is 0. The van der Waals surface area contributed by atoms with Gasteiger partial charge in [0, 0.05) is 0 Å². The molecule has 0 rings (SSSR count). The van der Waals surface area contributed by atoms with E-state index in [1.165, 1.54) is 24.8 Å². The first-order chi connectivity index (χ1) is 7.20. The molecule has 0 aromatic rings. The molecule has 0 aliphatic heterocycles. The van der Waals surface area contributed by atoms with Gasteiger partial charge in [-0.05, 0) is 25.2 Å². The van der Waals surface area contributed by atoms with E-state index in [0.717, 1.165) is 12.8 Å². The first kappa shape index (κ1) is 14.2. The van der Waals surface area contributed by atoms with Gasteiger partial charge < -0.3 is 0 Å². The molecule has 86 valence electrons. The van der Waals surface area contributed by atoms with Crippen LogP contribution < -0.4 is 0 Å². The second-order valence-corrected chi connectivity index (χ2v) is 4.21. The van der Waals surface area contributed by atoms with Crippen LogP contribution in [0.2, 0.25) is 0 Å². The Labute approximate surface area is 95.8 Å². The molecule has 0 heteroatoms. The molecule has 0 aromatic heterocycles. The molecule has 0 nitrogen and oxygen atoms in total. The van der Waals surface area contributed by atoms with E-state index in [2.05, 4.69) is 51.7 Å². The number of hydrogen-bond acceptors (Lipinski definition) is 0. The van der Waals surface area contributed by atoms with Crippen LogP contribution in [0.15, 0.2) is 36.5 Å². The van der Waals surface area contributed by atoms with Gasteiger partial charge in [-0.3, -0.25) is 0 Å². The maximum absolute atomic E-state index is 4.05. The lowest BCUT2D eigenvalue weighted by molar-refractivity contribution is 0.871. The molecule has 0 aliphatic carbocycles. The van der Waals surface area contributed by atoms with E-state index in [9.17, 15) is 0 Å². The van der Waals surface area contributed by atoms with Crippen LogP contribution in [-0.4, -0.2) is 0 Å². The summed E-state index contributed by atoms with van der Waals surface area (Å²) in [6.07, 6.45) is 14.9.